The maximum Gasteiger partial charge on any atom is 0.330 e. The number of carbonyl (C=O) groups is 1. The molecule has 19 heavy (non-hydrogen) atoms. The Morgan fingerprint density at radius 2 is 2.16 bits per heavy atom. The lowest BCUT2D eigenvalue weighted by molar-refractivity contribution is -0.137. The Balaban J connectivity index is 2.18. The van der Waals surface area contributed by atoms with E-state index in [4.69, 9.17) is 17.0 Å². The van der Waals surface area contributed by atoms with Gasteiger partial charge in [-0.25, -0.2) is 9.59 Å². The Hall–Kier alpha value is -1.69. The van der Waals surface area contributed by atoms with E-state index in [9.17, 15) is 9.59 Å². The molecule has 5 nitrogen and oxygen atoms in total. The number of hydrogen-bond donors (Lipinski definition) is 1. The Morgan fingerprint density at radius 1 is 1.42 bits per heavy atom. The molecule has 1 rings (SSSR count). The highest BCUT2D eigenvalue weighted by Gasteiger charge is 1.98. The standard InChI is InChI=1S/C13H18N2O3S/c1-2-12(16)18-10-6-4-3-5-9-15-11(19)7-8-14-13(15)17/h2,7-8H,1,3-6,9-10H2,(H,14,17). The number of H-pyrrole nitrogens is 1. The fourth-order valence-electron chi connectivity index (χ4n) is 1.62. The topological polar surface area (TPSA) is 64.1 Å². The van der Waals surface area contributed by atoms with Crippen molar-refractivity contribution in [1.82, 2.24) is 9.55 Å². The summed E-state index contributed by atoms with van der Waals surface area (Å²) in [5, 5.41) is 0. The molecule has 1 N–H and O–H groups in total. The monoisotopic (exact) mass is 282 g/mol. The van der Waals surface area contributed by atoms with Crippen molar-refractivity contribution in [2.24, 2.45) is 0 Å². The van der Waals surface area contributed by atoms with E-state index in [0.29, 0.717) is 17.8 Å². The van der Waals surface area contributed by atoms with Crippen molar-refractivity contribution in [2.45, 2.75) is 32.2 Å². The van der Waals surface area contributed by atoms with E-state index in [0.717, 1.165) is 31.8 Å². The van der Waals surface area contributed by atoms with E-state index in [-0.39, 0.29) is 11.7 Å². The third-order valence-electron chi connectivity index (χ3n) is 2.63. The summed E-state index contributed by atoms with van der Waals surface area (Å²) in [5.41, 5.74) is -0.174. The second-order valence-corrected chi connectivity index (χ2v) is 4.48. The van der Waals surface area contributed by atoms with Gasteiger partial charge < -0.3 is 9.72 Å². The number of unbranched alkanes of at least 4 members (excludes halogenated alkanes) is 3. The lowest BCUT2D eigenvalue weighted by atomic mass is 10.2. The summed E-state index contributed by atoms with van der Waals surface area (Å²) in [4.78, 5) is 24.9. The third kappa shape index (κ3) is 5.65. The van der Waals surface area contributed by atoms with E-state index in [1.807, 2.05) is 0 Å². The van der Waals surface area contributed by atoms with Crippen LogP contribution >= 0.6 is 12.2 Å². The van der Waals surface area contributed by atoms with Gasteiger partial charge in [0.05, 0.1) is 6.61 Å². The second-order valence-electron chi connectivity index (χ2n) is 4.06. The number of nitrogens with zero attached hydrogens (tertiary/aromatic N) is 1. The molecule has 1 aromatic heterocycles. The fraction of sp³-hybridized carbons (Fsp3) is 0.462. The quantitative estimate of drug-likeness (QED) is 0.343. The molecule has 1 heterocycles. The molecule has 0 aliphatic heterocycles. The molecule has 0 bridgehead atoms. The van der Waals surface area contributed by atoms with Gasteiger partial charge in [-0.1, -0.05) is 25.2 Å². The molecule has 0 aliphatic rings. The van der Waals surface area contributed by atoms with Crippen molar-refractivity contribution < 1.29 is 9.53 Å². The number of nitrogens with one attached hydrogen (secondary N) is 1. The lowest BCUT2D eigenvalue weighted by Gasteiger charge is -2.05. The third-order valence-corrected chi connectivity index (χ3v) is 2.99. The molecule has 0 aromatic carbocycles. The number of ether oxygens (including phenoxy) is 1. The van der Waals surface area contributed by atoms with Crippen LogP contribution in [0.4, 0.5) is 0 Å². The average Bonchev–Trinajstić information content (AvgIpc) is 2.40. The Morgan fingerprint density at radius 3 is 2.84 bits per heavy atom. The van der Waals surface area contributed by atoms with Crippen molar-refractivity contribution >= 4 is 18.2 Å². The molecule has 0 unspecified atom stereocenters. The molecule has 0 saturated carbocycles. The number of aromatic nitrogens is 2. The molecule has 0 atom stereocenters. The van der Waals surface area contributed by atoms with E-state index in [1.165, 1.54) is 0 Å². The molecule has 0 radical (unpaired) electrons. The highest BCUT2D eigenvalue weighted by atomic mass is 32.1. The first-order valence-corrected chi connectivity index (χ1v) is 6.63. The lowest BCUT2D eigenvalue weighted by Crippen LogP contribution is -2.22. The molecule has 104 valence electrons. The highest BCUT2D eigenvalue weighted by Crippen LogP contribution is 2.02. The summed E-state index contributed by atoms with van der Waals surface area (Å²) in [5.74, 6) is -0.387. The van der Waals surface area contributed by atoms with Gasteiger partial charge in [0.25, 0.3) is 0 Å². The number of rotatable bonds is 8. The first kappa shape index (κ1) is 15.4. The van der Waals surface area contributed by atoms with Gasteiger partial charge in [0, 0.05) is 18.8 Å². The Labute approximate surface area is 116 Å². The molecule has 0 saturated heterocycles. The molecule has 0 amide bonds. The summed E-state index contributed by atoms with van der Waals surface area (Å²) in [6.45, 7) is 4.34. The molecule has 0 aliphatic carbocycles. The van der Waals surface area contributed by atoms with Crippen LogP contribution in [0.5, 0.6) is 0 Å². The van der Waals surface area contributed by atoms with Gasteiger partial charge in [-0.2, -0.15) is 0 Å². The second kappa shape index (κ2) is 8.42. The van der Waals surface area contributed by atoms with Crippen LogP contribution in [0.15, 0.2) is 29.7 Å². The predicted molar refractivity (Wildman–Crippen MR) is 75.5 cm³/mol. The van der Waals surface area contributed by atoms with Gasteiger partial charge in [0.15, 0.2) is 0 Å². The minimum atomic E-state index is -0.387. The minimum Gasteiger partial charge on any atom is -0.463 e. The van der Waals surface area contributed by atoms with Crippen LogP contribution in [0.25, 0.3) is 0 Å². The molecular weight excluding hydrogens is 264 g/mol. The van der Waals surface area contributed by atoms with Crippen molar-refractivity contribution in [3.8, 4) is 0 Å². The van der Waals surface area contributed by atoms with Gasteiger partial charge in [-0.05, 0) is 25.3 Å². The first-order valence-electron chi connectivity index (χ1n) is 6.23. The van der Waals surface area contributed by atoms with Gasteiger partial charge >= 0.3 is 11.7 Å². The zero-order chi connectivity index (χ0) is 14.1. The minimum absolute atomic E-state index is 0.174. The summed E-state index contributed by atoms with van der Waals surface area (Å²) in [6, 6.07) is 1.70. The zero-order valence-electron chi connectivity index (χ0n) is 10.8. The maximum atomic E-state index is 11.5. The molecule has 0 fully saturated rings. The van der Waals surface area contributed by atoms with Crippen LogP contribution in [-0.2, 0) is 16.1 Å². The zero-order valence-corrected chi connectivity index (χ0v) is 11.6. The average molecular weight is 282 g/mol. The predicted octanol–water partition coefficient (Wildman–Crippen LogP) is 2.20. The van der Waals surface area contributed by atoms with Crippen molar-refractivity contribution in [3.05, 3.63) is 40.0 Å². The van der Waals surface area contributed by atoms with Gasteiger partial charge in [-0.3, -0.25) is 4.57 Å². The van der Waals surface area contributed by atoms with Crippen LogP contribution < -0.4 is 5.69 Å². The van der Waals surface area contributed by atoms with E-state index in [1.54, 1.807) is 16.8 Å². The molecule has 1 aromatic rings. The van der Waals surface area contributed by atoms with Crippen molar-refractivity contribution in [3.63, 3.8) is 0 Å². The SMILES string of the molecule is C=CC(=O)OCCCCCCn1c(=S)cc[nH]c1=O. The van der Waals surface area contributed by atoms with Crippen molar-refractivity contribution in [2.75, 3.05) is 6.61 Å². The largest absolute Gasteiger partial charge is 0.463 e. The fourth-order valence-corrected chi connectivity index (χ4v) is 1.86. The summed E-state index contributed by atoms with van der Waals surface area (Å²) in [6.07, 6.45) is 6.30. The van der Waals surface area contributed by atoms with E-state index >= 15 is 0 Å². The summed E-state index contributed by atoms with van der Waals surface area (Å²) < 4.78 is 6.95. The van der Waals surface area contributed by atoms with E-state index in [2.05, 4.69) is 11.6 Å². The van der Waals surface area contributed by atoms with Crippen molar-refractivity contribution in [1.29, 1.82) is 0 Å². The van der Waals surface area contributed by atoms with Crippen LogP contribution in [0.2, 0.25) is 0 Å². The van der Waals surface area contributed by atoms with Gasteiger partial charge in [0.2, 0.25) is 0 Å². The number of aromatic amines is 1. The number of esters is 1. The normalized spacial score (nSPS) is 10.1. The molecule has 6 heteroatoms. The van der Waals surface area contributed by atoms with Gasteiger partial charge in [0.1, 0.15) is 4.64 Å². The molecule has 0 spiro atoms. The first-order chi connectivity index (χ1) is 9.15. The number of carbonyl (C=O) groups excluding carboxylic acids is 1. The van der Waals surface area contributed by atoms with Gasteiger partial charge in [-0.15, -0.1) is 0 Å². The summed E-state index contributed by atoms with van der Waals surface area (Å²) >= 11 is 5.08. The van der Waals surface area contributed by atoms with Crippen LogP contribution in [0.1, 0.15) is 25.7 Å². The smallest absolute Gasteiger partial charge is 0.330 e. The van der Waals surface area contributed by atoms with Crippen LogP contribution in [0, 0.1) is 4.64 Å². The molecular formula is C13H18N2O3S. The Kier molecular flexibility index (Phi) is 6.81. The van der Waals surface area contributed by atoms with E-state index < -0.39 is 0 Å². The van der Waals surface area contributed by atoms with Crippen LogP contribution in [-0.4, -0.2) is 22.1 Å². The highest BCUT2D eigenvalue weighted by molar-refractivity contribution is 7.71. The Bertz CT molecular complexity index is 505. The maximum absolute atomic E-state index is 11.5. The van der Waals surface area contributed by atoms with Crippen LogP contribution in [0.3, 0.4) is 0 Å². The number of hydrogen-bond acceptors (Lipinski definition) is 4. The summed E-state index contributed by atoms with van der Waals surface area (Å²) in [7, 11) is 0.